The molecule has 1 unspecified atom stereocenters. The summed E-state index contributed by atoms with van der Waals surface area (Å²) in [7, 11) is -1.77. The van der Waals surface area contributed by atoms with E-state index in [-0.39, 0.29) is 0 Å². The SMILES string of the molecule is CC(=O)[O-].CC(C)(C)c1cc2ccccc2[s+]1C(F)(F)F. The van der Waals surface area contributed by atoms with Crippen molar-refractivity contribution in [2.45, 2.75) is 38.6 Å². The molecule has 0 saturated heterocycles. The van der Waals surface area contributed by atoms with Crippen LogP contribution in [-0.4, -0.2) is 5.97 Å². The van der Waals surface area contributed by atoms with E-state index in [1.54, 1.807) is 30.3 Å². The summed E-state index contributed by atoms with van der Waals surface area (Å²) in [6, 6.07) is 8.48. The van der Waals surface area contributed by atoms with Gasteiger partial charge in [-0.15, -0.1) is 13.2 Å². The summed E-state index contributed by atoms with van der Waals surface area (Å²) in [5.41, 5.74) is -4.65. The Morgan fingerprint density at radius 1 is 1.14 bits per heavy atom. The molecule has 0 spiro atoms. The molecule has 0 fully saturated rings. The van der Waals surface area contributed by atoms with Crippen molar-refractivity contribution in [1.29, 1.82) is 0 Å². The number of benzene rings is 1. The Morgan fingerprint density at radius 2 is 1.62 bits per heavy atom. The Balaban J connectivity index is 0.000000491. The summed E-state index contributed by atoms with van der Waals surface area (Å²) in [4.78, 5) is 9.37. The van der Waals surface area contributed by atoms with Gasteiger partial charge in [-0.05, 0) is 19.1 Å². The molecule has 1 aromatic carbocycles. The second-order valence-corrected chi connectivity index (χ2v) is 7.49. The molecule has 1 atom stereocenters. The number of fused-ring (bicyclic) bond motifs is 1. The van der Waals surface area contributed by atoms with Gasteiger partial charge in [0.1, 0.15) is 0 Å². The Bertz CT molecular complexity index is 632. The van der Waals surface area contributed by atoms with Crippen LogP contribution in [0.4, 0.5) is 13.2 Å². The number of rotatable bonds is 0. The van der Waals surface area contributed by atoms with Gasteiger partial charge in [0.05, 0.1) is 10.5 Å². The van der Waals surface area contributed by atoms with Crippen molar-refractivity contribution in [3.8, 4) is 0 Å². The van der Waals surface area contributed by atoms with Crippen LogP contribution in [0.15, 0.2) is 30.3 Å². The van der Waals surface area contributed by atoms with Gasteiger partial charge in [-0.3, -0.25) is 0 Å². The van der Waals surface area contributed by atoms with Crippen molar-refractivity contribution in [2.24, 2.45) is 0 Å². The Hall–Kier alpha value is -1.56. The van der Waals surface area contributed by atoms with Gasteiger partial charge in [0.2, 0.25) is 0 Å². The van der Waals surface area contributed by atoms with Gasteiger partial charge in [-0.25, -0.2) is 0 Å². The van der Waals surface area contributed by atoms with E-state index in [0.717, 1.165) is 6.92 Å². The highest BCUT2D eigenvalue weighted by molar-refractivity contribution is 7.38. The van der Waals surface area contributed by atoms with E-state index in [1.807, 2.05) is 20.8 Å². The number of aliphatic carboxylic acids is 1. The third-order valence-electron chi connectivity index (χ3n) is 2.62. The monoisotopic (exact) mass is 318 g/mol. The number of hydrogen-bond acceptors (Lipinski definition) is 2. The maximum absolute atomic E-state index is 13.2. The fourth-order valence-electron chi connectivity index (χ4n) is 1.88. The van der Waals surface area contributed by atoms with Crippen LogP contribution >= 0.6 is 10.5 Å². The quantitative estimate of drug-likeness (QED) is 0.686. The molecule has 0 saturated carbocycles. The topological polar surface area (TPSA) is 40.1 Å². The first-order chi connectivity index (χ1) is 9.44. The van der Waals surface area contributed by atoms with Gasteiger partial charge in [0, 0.05) is 22.8 Å². The predicted octanol–water partition coefficient (Wildman–Crippen LogP) is 4.12. The number of carbonyl (C=O) groups excluding carboxylic acids is 1. The minimum Gasteiger partial charge on any atom is -0.550 e. The molecule has 0 aliphatic carbocycles. The highest BCUT2D eigenvalue weighted by Crippen LogP contribution is 2.53. The van der Waals surface area contributed by atoms with Crippen LogP contribution < -0.4 is 5.11 Å². The van der Waals surface area contributed by atoms with E-state index in [9.17, 15) is 13.2 Å². The molecule has 0 N–H and O–H groups in total. The zero-order chi connectivity index (χ0) is 16.4. The molecular formula is C15H17F3O2S. The lowest BCUT2D eigenvalue weighted by Crippen LogP contribution is -2.16. The number of thiophene rings is 1. The second-order valence-electron chi connectivity index (χ2n) is 5.54. The zero-order valence-corrected chi connectivity index (χ0v) is 13.1. The van der Waals surface area contributed by atoms with Crippen LogP contribution in [0.2, 0.25) is 0 Å². The van der Waals surface area contributed by atoms with Gasteiger partial charge >= 0.3 is 5.51 Å². The van der Waals surface area contributed by atoms with Crippen molar-refractivity contribution in [2.75, 3.05) is 0 Å². The summed E-state index contributed by atoms with van der Waals surface area (Å²) in [5.74, 6) is -1.08. The van der Waals surface area contributed by atoms with Crippen LogP contribution in [0, 0.1) is 0 Å². The fraction of sp³-hybridized carbons (Fsp3) is 0.400. The lowest BCUT2D eigenvalue weighted by Gasteiger charge is -2.13. The van der Waals surface area contributed by atoms with Crippen molar-refractivity contribution in [1.82, 2.24) is 0 Å². The summed E-state index contributed by atoms with van der Waals surface area (Å²) in [6.45, 7) is 6.46. The molecule has 2 aromatic rings. The van der Waals surface area contributed by atoms with E-state index >= 15 is 0 Å². The first kappa shape index (κ1) is 17.5. The van der Waals surface area contributed by atoms with Gasteiger partial charge in [-0.1, -0.05) is 32.9 Å². The molecule has 0 radical (unpaired) electrons. The number of hydrogen-bond donors (Lipinski definition) is 0. The molecule has 0 bridgehead atoms. The molecule has 2 rings (SSSR count). The summed E-state index contributed by atoms with van der Waals surface area (Å²) in [5, 5.41) is 9.60. The maximum atomic E-state index is 13.2. The minimum atomic E-state index is -4.19. The largest absolute Gasteiger partial charge is 0.600 e. The van der Waals surface area contributed by atoms with Gasteiger partial charge in [0.25, 0.3) is 0 Å². The van der Waals surface area contributed by atoms with Gasteiger partial charge in [-0.2, -0.15) is 0 Å². The number of carboxylic acid groups (broad SMARTS) is 1. The van der Waals surface area contributed by atoms with Gasteiger partial charge in [0.15, 0.2) is 9.58 Å². The summed E-state index contributed by atoms with van der Waals surface area (Å²) < 4.78 is 40.0. The Kier molecular flexibility index (Phi) is 5.04. The molecule has 2 nitrogen and oxygen atoms in total. The first-order valence-corrected chi connectivity index (χ1v) is 7.47. The van der Waals surface area contributed by atoms with Crippen LogP contribution in [0.5, 0.6) is 0 Å². The summed E-state index contributed by atoms with van der Waals surface area (Å²) >= 11 is 0. The zero-order valence-electron chi connectivity index (χ0n) is 12.2. The Morgan fingerprint density at radius 3 is 2.05 bits per heavy atom. The molecular weight excluding hydrogens is 301 g/mol. The van der Waals surface area contributed by atoms with Crippen molar-refractivity contribution >= 4 is 26.5 Å². The molecule has 21 heavy (non-hydrogen) atoms. The van der Waals surface area contributed by atoms with Crippen LogP contribution in [0.1, 0.15) is 32.6 Å². The number of carbonyl (C=O) groups is 1. The average Bonchev–Trinajstić information content (AvgIpc) is 2.66. The van der Waals surface area contributed by atoms with Crippen LogP contribution in [0.25, 0.3) is 10.1 Å². The predicted molar refractivity (Wildman–Crippen MR) is 77.1 cm³/mol. The molecule has 6 heteroatoms. The maximum Gasteiger partial charge on any atom is 0.600 e. The highest BCUT2D eigenvalue weighted by Gasteiger charge is 2.50. The van der Waals surface area contributed by atoms with E-state index in [0.29, 0.717) is 15.0 Å². The van der Waals surface area contributed by atoms with Crippen molar-refractivity contribution in [3.05, 3.63) is 35.2 Å². The van der Waals surface area contributed by atoms with Crippen molar-refractivity contribution in [3.63, 3.8) is 0 Å². The number of carboxylic acids is 1. The minimum absolute atomic E-state index is 0.407. The fourth-order valence-corrected chi connectivity index (χ4v) is 4.05. The highest BCUT2D eigenvalue weighted by atomic mass is 32.2. The third-order valence-corrected chi connectivity index (χ3v) is 5.06. The molecule has 1 heterocycles. The number of alkyl halides is 3. The smallest absolute Gasteiger partial charge is 0.550 e. The molecule has 116 valence electrons. The summed E-state index contributed by atoms with van der Waals surface area (Å²) in [6.07, 6.45) is 0. The first-order valence-electron chi connectivity index (χ1n) is 6.24. The van der Waals surface area contributed by atoms with Crippen LogP contribution in [-0.2, 0) is 15.7 Å². The lowest BCUT2D eigenvalue weighted by molar-refractivity contribution is -0.302. The van der Waals surface area contributed by atoms with E-state index in [4.69, 9.17) is 9.90 Å². The average molecular weight is 318 g/mol. The standard InChI is InChI=1S/C13H14F3S.C2H4O2/c1-12(2,3)11-8-9-6-4-5-7-10(9)17(11)13(14,15)16;1-2(3)4/h4-8H,1-3H3;1H3,(H,3,4)/q+1;/p-1. The molecule has 0 aliphatic heterocycles. The lowest BCUT2D eigenvalue weighted by atomic mass is 9.94. The second kappa shape index (κ2) is 6.05. The molecule has 1 aromatic heterocycles. The van der Waals surface area contributed by atoms with E-state index in [2.05, 4.69) is 0 Å². The Labute approximate surface area is 124 Å². The normalized spacial score (nSPS) is 12.8. The number of halogens is 3. The molecule has 0 aliphatic rings. The van der Waals surface area contributed by atoms with E-state index < -0.39 is 27.4 Å². The van der Waals surface area contributed by atoms with Crippen molar-refractivity contribution < 1.29 is 23.1 Å². The van der Waals surface area contributed by atoms with E-state index in [1.165, 1.54) is 0 Å². The van der Waals surface area contributed by atoms with Gasteiger partial charge < -0.3 is 9.90 Å². The van der Waals surface area contributed by atoms with Crippen LogP contribution in [0.3, 0.4) is 0 Å². The molecule has 0 amide bonds. The third kappa shape index (κ3) is 4.46.